The molecule has 1 aromatic heterocycles. The van der Waals surface area contributed by atoms with Crippen LogP contribution in [0.3, 0.4) is 0 Å². The van der Waals surface area contributed by atoms with Crippen molar-refractivity contribution >= 4 is 21.5 Å². The number of nitrogens with zero attached hydrogens (tertiary/aromatic N) is 3. The van der Waals surface area contributed by atoms with Gasteiger partial charge in [-0.15, -0.1) is 0 Å². The molecule has 1 heterocycles. The minimum absolute atomic E-state index is 0.0580. The third-order valence-corrected chi connectivity index (χ3v) is 4.68. The van der Waals surface area contributed by atoms with Gasteiger partial charge in [-0.3, -0.25) is 14.4 Å². The van der Waals surface area contributed by atoms with Gasteiger partial charge in [-0.2, -0.15) is 5.10 Å². The van der Waals surface area contributed by atoms with Gasteiger partial charge in [0.25, 0.3) is 10.0 Å². The van der Waals surface area contributed by atoms with Crippen LogP contribution in [0.4, 0.5) is 5.69 Å². The van der Waals surface area contributed by atoms with Crippen LogP contribution >= 0.6 is 0 Å². The van der Waals surface area contributed by atoms with E-state index in [2.05, 4.69) is 5.10 Å². The van der Waals surface area contributed by atoms with E-state index in [1.165, 1.54) is 21.4 Å². The predicted octanol–water partition coefficient (Wildman–Crippen LogP) is 0.941. The molecular weight excluding hydrogens is 290 g/mol. The summed E-state index contributed by atoms with van der Waals surface area (Å²) in [5.74, 6) is -0.0580. The number of hydrogen-bond acceptors (Lipinski definition) is 4. The highest BCUT2D eigenvalue weighted by Gasteiger charge is 2.26. The second kappa shape index (κ2) is 5.96. The van der Waals surface area contributed by atoms with Crippen LogP contribution in [-0.2, 0) is 17.1 Å². The maximum atomic E-state index is 12.7. The lowest BCUT2D eigenvalue weighted by molar-refractivity contribution is 0.591. The smallest absolute Gasteiger partial charge is 0.267 e. The summed E-state index contributed by atoms with van der Waals surface area (Å²) in [7, 11) is -2.08. The molecule has 3 N–H and O–H groups in total. The Morgan fingerprint density at radius 1 is 1.38 bits per heavy atom. The lowest BCUT2D eigenvalue weighted by atomic mass is 10.3. The molecular formula is C13H17N5O2S. The monoisotopic (exact) mass is 307 g/mol. The van der Waals surface area contributed by atoms with Crippen molar-refractivity contribution in [2.45, 2.75) is 11.3 Å². The number of nitrogens with two attached hydrogens (primary N) is 1. The first kappa shape index (κ1) is 15.0. The molecule has 0 saturated carbocycles. The fraction of sp³-hybridized carbons (Fsp3) is 0.231. The lowest BCUT2D eigenvalue weighted by Gasteiger charge is -2.23. The maximum absolute atomic E-state index is 12.7. The molecule has 0 amide bonds. The molecule has 0 aliphatic rings. The molecule has 0 fully saturated rings. The van der Waals surface area contributed by atoms with E-state index in [1.54, 1.807) is 31.3 Å². The van der Waals surface area contributed by atoms with Crippen molar-refractivity contribution in [3.63, 3.8) is 0 Å². The topological polar surface area (TPSA) is 105 Å². The molecule has 0 atom stereocenters. The minimum Gasteiger partial charge on any atom is -0.388 e. The fourth-order valence-electron chi connectivity index (χ4n) is 1.86. The summed E-state index contributed by atoms with van der Waals surface area (Å²) in [6, 6.07) is 8.73. The maximum Gasteiger partial charge on any atom is 0.267 e. The van der Waals surface area contributed by atoms with Gasteiger partial charge in [0, 0.05) is 26.2 Å². The zero-order chi connectivity index (χ0) is 15.5. The number of hydrogen-bond donors (Lipinski definition) is 2. The van der Waals surface area contributed by atoms with E-state index in [1.807, 2.05) is 6.07 Å². The molecule has 7 nitrogen and oxygen atoms in total. The lowest BCUT2D eigenvalue weighted by Crippen LogP contribution is -2.33. The number of benzene rings is 1. The van der Waals surface area contributed by atoms with Gasteiger partial charge >= 0.3 is 0 Å². The Balaban J connectivity index is 2.41. The average Bonchev–Trinajstić information content (AvgIpc) is 2.87. The largest absolute Gasteiger partial charge is 0.388 e. The van der Waals surface area contributed by atoms with Crippen LogP contribution in [0.1, 0.15) is 6.42 Å². The van der Waals surface area contributed by atoms with E-state index in [4.69, 9.17) is 11.1 Å². The van der Waals surface area contributed by atoms with E-state index in [9.17, 15) is 8.42 Å². The van der Waals surface area contributed by atoms with Crippen LogP contribution in [0.2, 0.25) is 0 Å². The highest BCUT2D eigenvalue weighted by molar-refractivity contribution is 7.92. The highest BCUT2D eigenvalue weighted by Crippen LogP contribution is 2.23. The highest BCUT2D eigenvalue weighted by atomic mass is 32.2. The summed E-state index contributed by atoms with van der Waals surface area (Å²) >= 11 is 0. The van der Waals surface area contributed by atoms with Crippen molar-refractivity contribution in [1.29, 1.82) is 5.41 Å². The van der Waals surface area contributed by atoms with E-state index in [-0.39, 0.29) is 23.7 Å². The molecule has 0 aliphatic carbocycles. The van der Waals surface area contributed by atoms with E-state index in [0.29, 0.717) is 5.69 Å². The van der Waals surface area contributed by atoms with Gasteiger partial charge in [0.2, 0.25) is 0 Å². The summed E-state index contributed by atoms with van der Waals surface area (Å²) in [4.78, 5) is 0.109. The van der Waals surface area contributed by atoms with Crippen LogP contribution in [0.15, 0.2) is 47.6 Å². The molecule has 0 aliphatic heterocycles. The van der Waals surface area contributed by atoms with Crippen LogP contribution in [0, 0.1) is 5.41 Å². The summed E-state index contributed by atoms with van der Waals surface area (Å²) in [5, 5.41) is 11.2. The van der Waals surface area contributed by atoms with Gasteiger partial charge < -0.3 is 5.73 Å². The molecule has 8 heteroatoms. The Labute approximate surface area is 123 Å². The van der Waals surface area contributed by atoms with Crippen LogP contribution < -0.4 is 10.0 Å². The van der Waals surface area contributed by atoms with Crippen LogP contribution in [0.25, 0.3) is 0 Å². The molecule has 112 valence electrons. The zero-order valence-electron chi connectivity index (χ0n) is 11.6. The number of anilines is 1. The van der Waals surface area contributed by atoms with Crippen LogP contribution in [0.5, 0.6) is 0 Å². The molecule has 0 radical (unpaired) electrons. The first-order chi connectivity index (χ1) is 9.91. The SMILES string of the molecule is Cn1cc(S(=O)(=O)N(CCC(=N)N)c2ccccc2)cn1. The van der Waals surface area contributed by atoms with Gasteiger partial charge in [0.1, 0.15) is 4.90 Å². The third kappa shape index (κ3) is 3.40. The number of aromatic nitrogens is 2. The Hall–Kier alpha value is -2.35. The molecule has 0 spiro atoms. The molecule has 0 bridgehead atoms. The van der Waals surface area contributed by atoms with Crippen molar-refractivity contribution in [1.82, 2.24) is 9.78 Å². The van der Waals surface area contributed by atoms with Gasteiger partial charge in [-0.1, -0.05) is 18.2 Å². The Morgan fingerprint density at radius 3 is 2.57 bits per heavy atom. The van der Waals surface area contributed by atoms with Gasteiger partial charge in [0.15, 0.2) is 0 Å². The minimum atomic E-state index is -3.73. The van der Waals surface area contributed by atoms with Crippen molar-refractivity contribution in [3.8, 4) is 0 Å². The molecule has 21 heavy (non-hydrogen) atoms. The second-order valence-electron chi connectivity index (χ2n) is 4.54. The first-order valence-electron chi connectivity index (χ1n) is 6.30. The number of rotatable bonds is 6. The van der Waals surface area contributed by atoms with Gasteiger partial charge in [-0.05, 0) is 12.1 Å². The Kier molecular flexibility index (Phi) is 4.27. The predicted molar refractivity (Wildman–Crippen MR) is 80.7 cm³/mol. The molecule has 0 saturated heterocycles. The van der Waals surface area contributed by atoms with Gasteiger partial charge in [-0.25, -0.2) is 8.42 Å². The van der Waals surface area contributed by atoms with Crippen LogP contribution in [-0.4, -0.2) is 30.6 Å². The second-order valence-corrected chi connectivity index (χ2v) is 6.40. The van der Waals surface area contributed by atoms with E-state index < -0.39 is 10.0 Å². The first-order valence-corrected chi connectivity index (χ1v) is 7.74. The van der Waals surface area contributed by atoms with Crippen molar-refractivity contribution in [2.75, 3.05) is 10.8 Å². The summed E-state index contributed by atoms with van der Waals surface area (Å²) in [5.41, 5.74) is 5.88. The zero-order valence-corrected chi connectivity index (χ0v) is 12.4. The summed E-state index contributed by atoms with van der Waals surface area (Å²) in [6.07, 6.45) is 2.91. The fourth-order valence-corrected chi connectivity index (χ4v) is 3.32. The van der Waals surface area contributed by atoms with E-state index >= 15 is 0 Å². The number of aryl methyl sites for hydroxylation is 1. The molecule has 2 aromatic rings. The molecule has 1 aromatic carbocycles. The van der Waals surface area contributed by atoms with Gasteiger partial charge in [0.05, 0.1) is 17.7 Å². The summed E-state index contributed by atoms with van der Waals surface area (Å²) in [6.45, 7) is 0.108. The average molecular weight is 307 g/mol. The Bertz CT molecular complexity index is 724. The molecule has 0 unspecified atom stereocenters. The molecule has 2 rings (SSSR count). The number of nitrogens with one attached hydrogen (secondary N) is 1. The normalized spacial score (nSPS) is 11.3. The Morgan fingerprint density at radius 2 is 2.05 bits per heavy atom. The quantitative estimate of drug-likeness (QED) is 0.612. The number of amidine groups is 1. The van der Waals surface area contributed by atoms with Crippen molar-refractivity contribution < 1.29 is 8.42 Å². The third-order valence-electron chi connectivity index (χ3n) is 2.90. The summed E-state index contributed by atoms with van der Waals surface area (Å²) < 4.78 is 28.1. The van der Waals surface area contributed by atoms with E-state index in [0.717, 1.165) is 0 Å². The van der Waals surface area contributed by atoms with Crippen molar-refractivity contribution in [3.05, 3.63) is 42.7 Å². The standard InChI is InChI=1S/C13H17N5O2S/c1-17-10-12(9-16-17)21(19,20)18(8-7-13(14)15)11-5-3-2-4-6-11/h2-6,9-10H,7-8H2,1H3,(H3,14,15). The number of para-hydroxylation sites is 1. The number of sulfonamides is 1. The van der Waals surface area contributed by atoms with Crippen molar-refractivity contribution in [2.24, 2.45) is 12.8 Å².